The number of hydrogen-bond acceptors (Lipinski definition) is 6. The molecule has 124 valence electrons. The summed E-state index contributed by atoms with van der Waals surface area (Å²) in [4.78, 5) is 24.6. The van der Waals surface area contributed by atoms with Gasteiger partial charge in [0.15, 0.2) is 5.82 Å². The number of hydrogen-bond donors (Lipinski definition) is 3. The lowest BCUT2D eigenvalue weighted by Gasteiger charge is -2.14. The van der Waals surface area contributed by atoms with Crippen LogP contribution in [0.1, 0.15) is 29.4 Å². The molecule has 8 heteroatoms. The Morgan fingerprint density at radius 1 is 1.39 bits per heavy atom. The van der Waals surface area contributed by atoms with Crippen molar-refractivity contribution in [3.63, 3.8) is 0 Å². The van der Waals surface area contributed by atoms with Crippen molar-refractivity contribution in [3.05, 3.63) is 34.2 Å². The van der Waals surface area contributed by atoms with E-state index in [1.54, 1.807) is 18.3 Å². The standard InChI is InChI=1S/C15H19N3O4S/c1-10-9-13(18-22-10)17-15(21)14(20)16-6-4-11(5-7-19)12-3-2-8-23-12/h2-3,8-9,11,19H,4-7H2,1H3,(H,16,20)(H,17,18,21). The Morgan fingerprint density at radius 3 is 2.83 bits per heavy atom. The molecule has 0 aliphatic heterocycles. The van der Waals surface area contributed by atoms with E-state index in [1.165, 1.54) is 6.07 Å². The van der Waals surface area contributed by atoms with Crippen LogP contribution in [0.4, 0.5) is 5.82 Å². The molecule has 2 amide bonds. The molecule has 2 heterocycles. The first-order valence-corrected chi connectivity index (χ1v) is 8.15. The van der Waals surface area contributed by atoms with Gasteiger partial charge >= 0.3 is 11.8 Å². The van der Waals surface area contributed by atoms with Crippen LogP contribution in [0.3, 0.4) is 0 Å². The molecular weight excluding hydrogens is 318 g/mol. The lowest BCUT2D eigenvalue weighted by molar-refractivity contribution is -0.136. The number of nitrogens with zero attached hydrogens (tertiary/aromatic N) is 1. The van der Waals surface area contributed by atoms with Crippen molar-refractivity contribution in [2.45, 2.75) is 25.7 Å². The zero-order valence-corrected chi connectivity index (χ0v) is 13.6. The first-order chi connectivity index (χ1) is 11.1. The van der Waals surface area contributed by atoms with E-state index >= 15 is 0 Å². The van der Waals surface area contributed by atoms with Crippen molar-refractivity contribution in [1.82, 2.24) is 10.5 Å². The maximum absolute atomic E-state index is 11.8. The lowest BCUT2D eigenvalue weighted by atomic mass is 10.00. The predicted molar refractivity (Wildman–Crippen MR) is 86.3 cm³/mol. The Hall–Kier alpha value is -2.19. The van der Waals surface area contributed by atoms with Crippen LogP contribution >= 0.6 is 11.3 Å². The van der Waals surface area contributed by atoms with Crippen LogP contribution < -0.4 is 10.6 Å². The summed E-state index contributed by atoms with van der Waals surface area (Å²) < 4.78 is 4.81. The molecule has 2 aromatic heterocycles. The third-order valence-corrected chi connectivity index (χ3v) is 4.31. The summed E-state index contributed by atoms with van der Waals surface area (Å²) in [5, 5.41) is 19.6. The van der Waals surface area contributed by atoms with Crippen molar-refractivity contribution in [2.24, 2.45) is 0 Å². The fraction of sp³-hybridized carbons (Fsp3) is 0.400. The molecule has 0 bridgehead atoms. The summed E-state index contributed by atoms with van der Waals surface area (Å²) in [6.07, 6.45) is 1.28. The fourth-order valence-corrected chi connectivity index (χ4v) is 3.05. The fourth-order valence-electron chi connectivity index (χ4n) is 2.15. The quantitative estimate of drug-likeness (QED) is 0.667. The second-order valence-corrected chi connectivity index (χ2v) is 6.03. The number of aryl methyl sites for hydroxylation is 1. The summed E-state index contributed by atoms with van der Waals surface area (Å²) in [5.74, 6) is -0.586. The van der Waals surface area contributed by atoms with Crippen LogP contribution in [-0.2, 0) is 9.59 Å². The zero-order chi connectivity index (χ0) is 16.7. The van der Waals surface area contributed by atoms with E-state index in [0.717, 1.165) is 4.88 Å². The van der Waals surface area contributed by atoms with Gasteiger partial charge in [0.1, 0.15) is 5.76 Å². The van der Waals surface area contributed by atoms with Gasteiger partial charge in [-0.2, -0.15) is 0 Å². The summed E-state index contributed by atoms with van der Waals surface area (Å²) in [6.45, 7) is 2.13. The molecule has 0 saturated heterocycles. The zero-order valence-electron chi connectivity index (χ0n) is 12.7. The van der Waals surface area contributed by atoms with Crippen molar-refractivity contribution in [2.75, 3.05) is 18.5 Å². The van der Waals surface area contributed by atoms with Crippen molar-refractivity contribution in [1.29, 1.82) is 0 Å². The maximum Gasteiger partial charge on any atom is 0.314 e. The summed E-state index contributed by atoms with van der Waals surface area (Å²) in [6, 6.07) is 5.49. The Labute approximate surface area is 137 Å². The van der Waals surface area contributed by atoms with Crippen LogP contribution in [0.15, 0.2) is 28.1 Å². The number of nitrogens with one attached hydrogen (secondary N) is 2. The largest absolute Gasteiger partial charge is 0.396 e. The predicted octanol–water partition coefficient (Wildman–Crippen LogP) is 1.66. The molecule has 0 aliphatic rings. The molecule has 0 aliphatic carbocycles. The average Bonchev–Trinajstić information content (AvgIpc) is 3.18. The molecule has 0 aromatic carbocycles. The SMILES string of the molecule is Cc1cc(NC(=O)C(=O)NCCC(CCO)c2cccs2)no1. The van der Waals surface area contributed by atoms with Crippen LogP contribution in [0.2, 0.25) is 0 Å². The minimum Gasteiger partial charge on any atom is -0.396 e. The van der Waals surface area contributed by atoms with Crippen LogP contribution in [0, 0.1) is 6.92 Å². The highest BCUT2D eigenvalue weighted by Gasteiger charge is 2.17. The Bertz CT molecular complexity index is 639. The Balaban J connectivity index is 1.77. The minimum absolute atomic E-state index is 0.0858. The van der Waals surface area contributed by atoms with E-state index in [1.807, 2.05) is 17.5 Å². The molecule has 3 N–H and O–H groups in total. The summed E-state index contributed by atoms with van der Waals surface area (Å²) in [5.41, 5.74) is 0. The smallest absolute Gasteiger partial charge is 0.314 e. The van der Waals surface area contributed by atoms with Gasteiger partial charge in [0, 0.05) is 24.1 Å². The molecule has 1 atom stereocenters. The number of anilines is 1. The molecule has 0 saturated carbocycles. The molecule has 0 fully saturated rings. The lowest BCUT2D eigenvalue weighted by Crippen LogP contribution is -2.36. The van der Waals surface area contributed by atoms with Gasteiger partial charge in [0.25, 0.3) is 0 Å². The number of thiophene rings is 1. The molecule has 0 spiro atoms. The molecular formula is C15H19N3O4S. The first-order valence-electron chi connectivity index (χ1n) is 7.27. The van der Waals surface area contributed by atoms with Gasteiger partial charge in [-0.3, -0.25) is 14.9 Å². The second-order valence-electron chi connectivity index (χ2n) is 5.05. The highest BCUT2D eigenvalue weighted by molar-refractivity contribution is 7.10. The number of rotatable bonds is 7. The number of amides is 2. The van der Waals surface area contributed by atoms with E-state index in [2.05, 4.69) is 15.8 Å². The molecule has 0 radical (unpaired) electrons. The van der Waals surface area contributed by atoms with Gasteiger partial charge in [-0.25, -0.2) is 0 Å². The molecule has 2 rings (SSSR count). The van der Waals surface area contributed by atoms with Gasteiger partial charge in [0.05, 0.1) is 0 Å². The van der Waals surface area contributed by atoms with Crippen LogP contribution in [-0.4, -0.2) is 35.2 Å². The third kappa shape index (κ3) is 5.19. The number of aliphatic hydroxyl groups excluding tert-OH is 1. The molecule has 23 heavy (non-hydrogen) atoms. The van der Waals surface area contributed by atoms with Gasteiger partial charge in [-0.05, 0) is 37.1 Å². The van der Waals surface area contributed by atoms with E-state index in [-0.39, 0.29) is 18.3 Å². The number of aromatic nitrogens is 1. The van der Waals surface area contributed by atoms with Crippen LogP contribution in [0.25, 0.3) is 0 Å². The topological polar surface area (TPSA) is 104 Å². The molecule has 2 aromatic rings. The highest BCUT2D eigenvalue weighted by atomic mass is 32.1. The summed E-state index contributed by atoms with van der Waals surface area (Å²) >= 11 is 1.62. The monoisotopic (exact) mass is 337 g/mol. The number of aliphatic hydroxyl groups is 1. The minimum atomic E-state index is -0.784. The highest BCUT2D eigenvalue weighted by Crippen LogP contribution is 2.26. The second kappa shape index (κ2) is 8.44. The van der Waals surface area contributed by atoms with Crippen molar-refractivity contribution >= 4 is 29.0 Å². The van der Waals surface area contributed by atoms with Gasteiger partial charge in [-0.15, -0.1) is 11.3 Å². The first kappa shape index (κ1) is 17.2. The van der Waals surface area contributed by atoms with Crippen molar-refractivity contribution < 1.29 is 19.2 Å². The molecule has 1 unspecified atom stereocenters. The number of carbonyl (C=O) groups is 2. The van der Waals surface area contributed by atoms with Crippen LogP contribution in [0.5, 0.6) is 0 Å². The third-order valence-electron chi connectivity index (χ3n) is 3.28. The number of carbonyl (C=O) groups excluding carboxylic acids is 2. The molecule has 7 nitrogen and oxygen atoms in total. The maximum atomic E-state index is 11.8. The van der Waals surface area contributed by atoms with Crippen molar-refractivity contribution in [3.8, 4) is 0 Å². The van der Waals surface area contributed by atoms with Gasteiger partial charge < -0.3 is 14.9 Å². The van der Waals surface area contributed by atoms with Gasteiger partial charge in [0.2, 0.25) is 0 Å². The van der Waals surface area contributed by atoms with E-state index < -0.39 is 11.8 Å². The van der Waals surface area contributed by atoms with E-state index in [4.69, 9.17) is 9.63 Å². The van der Waals surface area contributed by atoms with E-state index in [9.17, 15) is 9.59 Å². The Kier molecular flexibility index (Phi) is 6.30. The Morgan fingerprint density at radius 2 is 2.22 bits per heavy atom. The summed E-state index contributed by atoms with van der Waals surface area (Å²) in [7, 11) is 0. The normalized spacial score (nSPS) is 11.9. The average molecular weight is 337 g/mol. The van der Waals surface area contributed by atoms with E-state index in [0.29, 0.717) is 25.1 Å². The van der Waals surface area contributed by atoms with Gasteiger partial charge in [-0.1, -0.05) is 11.2 Å².